The largest absolute Gasteiger partial charge is 0.507 e. The number of carbonyl (C=O) groups excluding carboxylic acids is 2. The van der Waals surface area contributed by atoms with Crippen LogP contribution in [-0.2, 0) is 21.5 Å². The number of carbonyl (C=O) groups is 2. The van der Waals surface area contributed by atoms with Crippen molar-refractivity contribution in [1.29, 1.82) is 0 Å². The molecule has 3 aromatic carbocycles. The fourth-order valence-electron chi connectivity index (χ4n) is 4.94. The quantitative estimate of drug-likeness (QED) is 0.178. The van der Waals surface area contributed by atoms with Crippen LogP contribution in [0, 0.1) is 6.92 Å². The predicted octanol–water partition coefficient (Wildman–Crippen LogP) is 7.10. The fourth-order valence-corrected chi connectivity index (χ4v) is 4.94. The van der Waals surface area contributed by atoms with Crippen molar-refractivity contribution in [3.05, 3.63) is 100 Å². The van der Waals surface area contributed by atoms with Gasteiger partial charge >= 0.3 is 0 Å². The molecule has 0 aromatic heterocycles. The van der Waals surface area contributed by atoms with E-state index in [2.05, 4.69) is 20.8 Å². The average molecular weight is 542 g/mol. The summed E-state index contributed by atoms with van der Waals surface area (Å²) in [5.74, 6) is -0.0622. The van der Waals surface area contributed by atoms with Crippen molar-refractivity contribution in [1.82, 2.24) is 4.90 Å². The van der Waals surface area contributed by atoms with E-state index in [1.165, 1.54) is 0 Å². The van der Waals surface area contributed by atoms with Gasteiger partial charge in [0, 0.05) is 12.1 Å². The van der Waals surface area contributed by atoms with E-state index < -0.39 is 17.7 Å². The van der Waals surface area contributed by atoms with Crippen LogP contribution in [-0.4, -0.2) is 34.9 Å². The predicted molar refractivity (Wildman–Crippen MR) is 158 cm³/mol. The van der Waals surface area contributed by atoms with E-state index in [-0.39, 0.29) is 23.3 Å². The van der Waals surface area contributed by atoms with Gasteiger partial charge in [0.15, 0.2) is 0 Å². The number of aliphatic hydroxyl groups excluding tert-OH is 1. The first kappa shape index (κ1) is 28.9. The summed E-state index contributed by atoms with van der Waals surface area (Å²) < 4.78 is 11.3. The summed E-state index contributed by atoms with van der Waals surface area (Å²) in [5.41, 5.74) is 4.10. The Morgan fingerprint density at radius 3 is 2.17 bits per heavy atom. The lowest BCUT2D eigenvalue weighted by Crippen LogP contribution is -2.29. The second kappa shape index (κ2) is 12.0. The summed E-state index contributed by atoms with van der Waals surface area (Å²) in [6, 6.07) is 20.0. The van der Waals surface area contributed by atoms with Crippen LogP contribution in [0.15, 0.2) is 72.3 Å². The van der Waals surface area contributed by atoms with Gasteiger partial charge in [-0.2, -0.15) is 0 Å². The summed E-state index contributed by atoms with van der Waals surface area (Å²) in [4.78, 5) is 28.5. The number of aliphatic hydroxyl groups is 1. The lowest BCUT2D eigenvalue weighted by atomic mass is 9.85. The summed E-state index contributed by atoms with van der Waals surface area (Å²) >= 11 is 0. The van der Waals surface area contributed by atoms with E-state index in [9.17, 15) is 14.7 Å². The molecule has 1 aliphatic heterocycles. The van der Waals surface area contributed by atoms with Crippen molar-refractivity contribution in [2.45, 2.75) is 66.0 Å². The molecule has 1 amide bonds. The Morgan fingerprint density at radius 2 is 1.60 bits per heavy atom. The van der Waals surface area contributed by atoms with Gasteiger partial charge in [-0.05, 0) is 78.3 Å². The number of likely N-dealkylation sites (tertiary alicyclic amines) is 1. The van der Waals surface area contributed by atoms with E-state index >= 15 is 0 Å². The Labute approximate surface area is 237 Å². The van der Waals surface area contributed by atoms with Gasteiger partial charge in [0.2, 0.25) is 0 Å². The molecule has 0 saturated carbocycles. The second-order valence-electron chi connectivity index (χ2n) is 11.2. The lowest BCUT2D eigenvalue weighted by Gasteiger charge is -2.27. The average Bonchev–Trinajstić information content (AvgIpc) is 3.17. The number of rotatable bonds is 9. The number of ether oxygens (including phenoxy) is 2. The highest BCUT2D eigenvalue weighted by Crippen LogP contribution is 2.41. The van der Waals surface area contributed by atoms with E-state index in [4.69, 9.17) is 9.47 Å². The SMILES string of the molecule is CCCOc1ccc(/C(O)=C2/C(=O)C(=O)N(Cc3ccc(OCC)cc3)C2c2ccc(C(C)(C)C)cc2)cc1C. The Balaban J connectivity index is 1.79. The molecule has 6 nitrogen and oxygen atoms in total. The zero-order chi connectivity index (χ0) is 29.0. The first-order chi connectivity index (χ1) is 19.0. The van der Waals surface area contributed by atoms with Gasteiger partial charge in [-0.15, -0.1) is 0 Å². The third-order valence-electron chi connectivity index (χ3n) is 7.13. The van der Waals surface area contributed by atoms with Crippen LogP contribution in [0.1, 0.15) is 74.9 Å². The van der Waals surface area contributed by atoms with Gasteiger partial charge in [0.05, 0.1) is 24.8 Å². The topological polar surface area (TPSA) is 76.1 Å². The highest BCUT2D eigenvalue weighted by molar-refractivity contribution is 6.46. The molecular weight excluding hydrogens is 502 g/mol. The standard InChI is InChI=1S/C34H39NO5/c1-7-19-40-28-18-13-25(20-22(28)3)31(36)29-30(24-11-14-26(15-12-24)34(4,5)6)35(33(38)32(29)37)21-23-9-16-27(17-10-23)39-8-2/h9-18,20,30,36H,7-8,19,21H2,1-6H3/b31-29-. The third kappa shape index (κ3) is 6.06. The number of hydrogen-bond donors (Lipinski definition) is 1. The minimum atomic E-state index is -0.739. The van der Waals surface area contributed by atoms with Crippen molar-refractivity contribution in [3.63, 3.8) is 0 Å². The van der Waals surface area contributed by atoms with Gasteiger partial charge in [0.25, 0.3) is 11.7 Å². The minimum absolute atomic E-state index is 0.0538. The molecule has 1 aliphatic rings. The van der Waals surface area contributed by atoms with E-state index in [0.717, 1.165) is 40.2 Å². The Kier molecular flexibility index (Phi) is 8.67. The minimum Gasteiger partial charge on any atom is -0.507 e. The zero-order valence-corrected chi connectivity index (χ0v) is 24.3. The number of nitrogens with zero attached hydrogens (tertiary/aromatic N) is 1. The fraction of sp³-hybridized carbons (Fsp3) is 0.353. The number of Topliss-reactive ketones (excluding diaryl/α,β-unsaturated/α-hetero) is 1. The van der Waals surface area contributed by atoms with Crippen LogP contribution >= 0.6 is 0 Å². The maximum atomic E-state index is 13.5. The van der Waals surface area contributed by atoms with Gasteiger partial charge in [0.1, 0.15) is 17.3 Å². The number of ketones is 1. The van der Waals surface area contributed by atoms with Crippen LogP contribution < -0.4 is 9.47 Å². The Morgan fingerprint density at radius 1 is 0.925 bits per heavy atom. The normalized spacial score (nSPS) is 16.9. The van der Waals surface area contributed by atoms with Gasteiger partial charge < -0.3 is 19.5 Å². The molecule has 0 radical (unpaired) electrons. The molecule has 0 spiro atoms. The molecular formula is C34H39NO5. The number of amides is 1. The smallest absolute Gasteiger partial charge is 0.295 e. The molecule has 6 heteroatoms. The molecule has 210 valence electrons. The molecule has 3 aromatic rings. The van der Waals surface area contributed by atoms with Gasteiger partial charge in [-0.1, -0.05) is 64.1 Å². The van der Waals surface area contributed by atoms with Gasteiger partial charge in [-0.25, -0.2) is 0 Å². The number of benzene rings is 3. The van der Waals surface area contributed by atoms with E-state index in [1.54, 1.807) is 23.1 Å². The van der Waals surface area contributed by atoms with E-state index in [1.807, 2.05) is 69.3 Å². The van der Waals surface area contributed by atoms with Crippen molar-refractivity contribution in [2.24, 2.45) is 0 Å². The molecule has 4 rings (SSSR count). The summed E-state index contributed by atoms with van der Waals surface area (Å²) in [6.45, 7) is 13.6. The summed E-state index contributed by atoms with van der Waals surface area (Å²) in [5, 5.41) is 11.5. The summed E-state index contributed by atoms with van der Waals surface area (Å²) in [7, 11) is 0. The molecule has 1 atom stereocenters. The Bertz CT molecular complexity index is 1400. The lowest BCUT2D eigenvalue weighted by molar-refractivity contribution is -0.140. The molecule has 1 unspecified atom stereocenters. The summed E-state index contributed by atoms with van der Waals surface area (Å²) in [6.07, 6.45) is 0.882. The van der Waals surface area contributed by atoms with Gasteiger partial charge in [-0.3, -0.25) is 9.59 Å². The van der Waals surface area contributed by atoms with Crippen molar-refractivity contribution < 1.29 is 24.2 Å². The number of aryl methyl sites for hydroxylation is 1. The maximum absolute atomic E-state index is 13.5. The first-order valence-electron chi connectivity index (χ1n) is 13.9. The Hall–Kier alpha value is -4.06. The molecule has 1 heterocycles. The van der Waals surface area contributed by atoms with Crippen LogP contribution in [0.4, 0.5) is 0 Å². The van der Waals surface area contributed by atoms with E-state index in [0.29, 0.717) is 18.8 Å². The first-order valence-corrected chi connectivity index (χ1v) is 13.9. The molecule has 1 N–H and O–H groups in total. The second-order valence-corrected chi connectivity index (χ2v) is 11.2. The maximum Gasteiger partial charge on any atom is 0.295 e. The third-order valence-corrected chi connectivity index (χ3v) is 7.13. The molecule has 40 heavy (non-hydrogen) atoms. The molecule has 0 aliphatic carbocycles. The van der Waals surface area contributed by atoms with Crippen molar-refractivity contribution in [3.8, 4) is 11.5 Å². The van der Waals surface area contributed by atoms with Crippen LogP contribution in [0.25, 0.3) is 5.76 Å². The highest BCUT2D eigenvalue weighted by atomic mass is 16.5. The number of hydrogen-bond acceptors (Lipinski definition) is 5. The molecule has 0 bridgehead atoms. The zero-order valence-electron chi connectivity index (χ0n) is 24.3. The monoisotopic (exact) mass is 541 g/mol. The van der Waals surface area contributed by atoms with Crippen LogP contribution in [0.3, 0.4) is 0 Å². The van der Waals surface area contributed by atoms with Crippen molar-refractivity contribution >= 4 is 17.4 Å². The highest BCUT2D eigenvalue weighted by Gasteiger charge is 2.46. The van der Waals surface area contributed by atoms with Crippen molar-refractivity contribution in [2.75, 3.05) is 13.2 Å². The molecule has 1 saturated heterocycles. The van der Waals surface area contributed by atoms with Crippen LogP contribution in [0.2, 0.25) is 0 Å². The van der Waals surface area contributed by atoms with Crippen LogP contribution in [0.5, 0.6) is 11.5 Å². The molecule has 1 fully saturated rings.